The zero-order valence-electron chi connectivity index (χ0n) is 5.71. The van der Waals surface area contributed by atoms with Crippen LogP contribution in [-0.4, -0.2) is 37.1 Å². The van der Waals surface area contributed by atoms with E-state index in [2.05, 4.69) is 4.90 Å². The number of nitrogens with two attached hydrogens (primary N) is 2. The molecule has 3 heteroatoms. The fourth-order valence-corrected chi connectivity index (χ4v) is 1.25. The minimum atomic E-state index is 0.400. The van der Waals surface area contributed by atoms with E-state index in [0.717, 1.165) is 32.6 Å². The first-order valence-corrected chi connectivity index (χ1v) is 3.51. The molecule has 1 rings (SSSR count). The van der Waals surface area contributed by atoms with Crippen LogP contribution in [0.1, 0.15) is 6.42 Å². The molecule has 1 atom stereocenters. The minimum Gasteiger partial charge on any atom is -0.329 e. The molecule has 1 fully saturated rings. The predicted octanol–water partition coefficient (Wildman–Crippen LogP) is -1.02. The lowest BCUT2D eigenvalue weighted by molar-refractivity contribution is 0.344. The quantitative estimate of drug-likeness (QED) is 0.501. The van der Waals surface area contributed by atoms with Crippen LogP contribution >= 0.6 is 0 Å². The Hall–Kier alpha value is -0.120. The van der Waals surface area contributed by atoms with Crippen LogP contribution in [0, 0.1) is 0 Å². The van der Waals surface area contributed by atoms with Crippen LogP contribution in [0.5, 0.6) is 0 Å². The number of nitrogens with zero attached hydrogens (tertiary/aromatic N) is 1. The third kappa shape index (κ3) is 1.93. The van der Waals surface area contributed by atoms with Crippen molar-refractivity contribution in [2.75, 3.05) is 26.2 Å². The van der Waals surface area contributed by atoms with Gasteiger partial charge < -0.3 is 16.4 Å². The Morgan fingerprint density at radius 1 is 1.56 bits per heavy atom. The van der Waals surface area contributed by atoms with Gasteiger partial charge in [-0.05, 0) is 13.0 Å². The molecule has 54 valence electrons. The van der Waals surface area contributed by atoms with Gasteiger partial charge in [0.05, 0.1) is 0 Å². The maximum absolute atomic E-state index is 5.67. The lowest BCUT2D eigenvalue weighted by Crippen LogP contribution is -2.30. The molecule has 1 aliphatic heterocycles. The Morgan fingerprint density at radius 3 is 2.78 bits per heavy atom. The number of hydrogen-bond donors (Lipinski definition) is 2. The maximum atomic E-state index is 5.67. The molecule has 0 amide bonds. The van der Waals surface area contributed by atoms with E-state index in [9.17, 15) is 0 Å². The summed E-state index contributed by atoms with van der Waals surface area (Å²) in [6, 6.07) is 0.400. The summed E-state index contributed by atoms with van der Waals surface area (Å²) < 4.78 is 0. The molecule has 3 nitrogen and oxygen atoms in total. The van der Waals surface area contributed by atoms with Crippen molar-refractivity contribution in [3.8, 4) is 0 Å². The second kappa shape index (κ2) is 3.15. The van der Waals surface area contributed by atoms with Gasteiger partial charge in [0.2, 0.25) is 0 Å². The SMILES string of the molecule is NCCN1CCC(N)C1. The maximum Gasteiger partial charge on any atom is 0.0180 e. The van der Waals surface area contributed by atoms with Crippen LogP contribution in [0.25, 0.3) is 0 Å². The Morgan fingerprint density at radius 2 is 2.33 bits per heavy atom. The average molecular weight is 129 g/mol. The van der Waals surface area contributed by atoms with Gasteiger partial charge in [0.15, 0.2) is 0 Å². The molecule has 1 saturated heterocycles. The Bertz CT molecular complexity index is 82.4. The van der Waals surface area contributed by atoms with Crippen molar-refractivity contribution in [2.45, 2.75) is 12.5 Å². The first-order chi connectivity index (χ1) is 4.33. The first-order valence-electron chi connectivity index (χ1n) is 3.51. The topological polar surface area (TPSA) is 55.3 Å². The van der Waals surface area contributed by atoms with Crippen molar-refractivity contribution in [1.29, 1.82) is 0 Å². The van der Waals surface area contributed by atoms with Gasteiger partial charge in [-0.2, -0.15) is 0 Å². The molecular weight excluding hydrogens is 114 g/mol. The zero-order chi connectivity index (χ0) is 6.69. The molecule has 9 heavy (non-hydrogen) atoms. The highest BCUT2D eigenvalue weighted by Crippen LogP contribution is 2.04. The molecule has 4 N–H and O–H groups in total. The van der Waals surface area contributed by atoms with Crippen LogP contribution < -0.4 is 11.5 Å². The van der Waals surface area contributed by atoms with Gasteiger partial charge in [-0.15, -0.1) is 0 Å². The van der Waals surface area contributed by atoms with Crippen molar-refractivity contribution in [3.05, 3.63) is 0 Å². The fraction of sp³-hybridized carbons (Fsp3) is 1.00. The molecule has 0 radical (unpaired) electrons. The van der Waals surface area contributed by atoms with E-state index < -0.39 is 0 Å². The second-order valence-electron chi connectivity index (χ2n) is 2.64. The average Bonchev–Trinajstić information content (AvgIpc) is 2.17. The van der Waals surface area contributed by atoms with Gasteiger partial charge in [-0.25, -0.2) is 0 Å². The van der Waals surface area contributed by atoms with E-state index in [4.69, 9.17) is 11.5 Å². The van der Waals surface area contributed by atoms with E-state index in [1.807, 2.05) is 0 Å². The number of hydrogen-bond acceptors (Lipinski definition) is 3. The molecule has 0 saturated carbocycles. The summed E-state index contributed by atoms with van der Waals surface area (Å²) in [4.78, 5) is 2.31. The molecular formula is C6H15N3. The zero-order valence-corrected chi connectivity index (χ0v) is 5.71. The molecule has 1 unspecified atom stereocenters. The van der Waals surface area contributed by atoms with Gasteiger partial charge >= 0.3 is 0 Å². The predicted molar refractivity (Wildman–Crippen MR) is 38.1 cm³/mol. The summed E-state index contributed by atoms with van der Waals surface area (Å²) in [6.07, 6.45) is 1.14. The number of likely N-dealkylation sites (tertiary alicyclic amines) is 1. The lowest BCUT2D eigenvalue weighted by Gasteiger charge is -2.12. The molecule has 0 bridgehead atoms. The Kier molecular flexibility index (Phi) is 2.45. The van der Waals surface area contributed by atoms with Crippen molar-refractivity contribution in [3.63, 3.8) is 0 Å². The Balaban J connectivity index is 2.14. The van der Waals surface area contributed by atoms with E-state index >= 15 is 0 Å². The molecule has 1 heterocycles. The van der Waals surface area contributed by atoms with Crippen LogP contribution in [-0.2, 0) is 0 Å². The van der Waals surface area contributed by atoms with Crippen LogP contribution in [0.2, 0.25) is 0 Å². The molecule has 0 spiro atoms. The van der Waals surface area contributed by atoms with E-state index in [0.29, 0.717) is 6.04 Å². The van der Waals surface area contributed by atoms with E-state index in [1.165, 1.54) is 0 Å². The molecule has 0 aromatic carbocycles. The molecule has 0 aromatic rings. The smallest absolute Gasteiger partial charge is 0.0180 e. The highest BCUT2D eigenvalue weighted by Gasteiger charge is 2.17. The summed E-state index contributed by atoms with van der Waals surface area (Å²) in [6.45, 7) is 3.94. The second-order valence-corrected chi connectivity index (χ2v) is 2.64. The third-order valence-corrected chi connectivity index (χ3v) is 1.75. The highest BCUT2D eigenvalue weighted by molar-refractivity contribution is 4.77. The van der Waals surface area contributed by atoms with Crippen molar-refractivity contribution in [1.82, 2.24) is 4.90 Å². The van der Waals surface area contributed by atoms with Gasteiger partial charge in [-0.3, -0.25) is 0 Å². The van der Waals surface area contributed by atoms with Crippen molar-refractivity contribution in [2.24, 2.45) is 11.5 Å². The summed E-state index contributed by atoms with van der Waals surface area (Å²) in [5, 5.41) is 0. The van der Waals surface area contributed by atoms with E-state index in [1.54, 1.807) is 0 Å². The minimum absolute atomic E-state index is 0.400. The monoisotopic (exact) mass is 129 g/mol. The van der Waals surface area contributed by atoms with Crippen molar-refractivity contribution >= 4 is 0 Å². The van der Waals surface area contributed by atoms with Crippen LogP contribution in [0.3, 0.4) is 0 Å². The van der Waals surface area contributed by atoms with Gasteiger partial charge in [0, 0.05) is 25.7 Å². The summed E-state index contributed by atoms with van der Waals surface area (Å²) in [7, 11) is 0. The highest BCUT2D eigenvalue weighted by atomic mass is 15.2. The normalized spacial score (nSPS) is 29.3. The largest absolute Gasteiger partial charge is 0.329 e. The fourth-order valence-electron chi connectivity index (χ4n) is 1.25. The van der Waals surface area contributed by atoms with Gasteiger partial charge in [0.25, 0.3) is 0 Å². The summed E-state index contributed by atoms with van der Waals surface area (Å²) >= 11 is 0. The third-order valence-electron chi connectivity index (χ3n) is 1.75. The lowest BCUT2D eigenvalue weighted by atomic mass is 10.3. The Labute approximate surface area is 56.0 Å². The molecule has 0 aromatic heterocycles. The van der Waals surface area contributed by atoms with Crippen LogP contribution in [0.4, 0.5) is 0 Å². The molecule has 1 aliphatic rings. The van der Waals surface area contributed by atoms with Gasteiger partial charge in [0.1, 0.15) is 0 Å². The number of rotatable bonds is 2. The van der Waals surface area contributed by atoms with Gasteiger partial charge in [-0.1, -0.05) is 0 Å². The summed E-state index contributed by atoms with van der Waals surface area (Å²) in [5.41, 5.74) is 11.0. The van der Waals surface area contributed by atoms with E-state index in [-0.39, 0.29) is 0 Å². The molecule has 0 aliphatic carbocycles. The summed E-state index contributed by atoms with van der Waals surface area (Å²) in [5.74, 6) is 0. The van der Waals surface area contributed by atoms with Crippen molar-refractivity contribution < 1.29 is 0 Å². The first kappa shape index (κ1) is 6.99. The van der Waals surface area contributed by atoms with Crippen LogP contribution in [0.15, 0.2) is 0 Å². The standard InChI is InChI=1S/C6H15N3/c7-2-4-9-3-1-6(8)5-9/h6H,1-5,7-8H2.